The molecule has 1 saturated carbocycles. The number of benzene rings is 1. The number of rotatable bonds is 4. The highest BCUT2D eigenvalue weighted by Gasteiger charge is 2.26. The molecule has 4 aromatic rings. The van der Waals surface area contributed by atoms with Crippen LogP contribution >= 0.6 is 0 Å². The van der Waals surface area contributed by atoms with Crippen LogP contribution in [0.25, 0.3) is 22.2 Å². The lowest BCUT2D eigenvalue weighted by Gasteiger charge is -2.10. The zero-order valence-corrected chi connectivity index (χ0v) is 14.0. The molecule has 0 radical (unpaired) electrons. The van der Waals surface area contributed by atoms with E-state index >= 15 is 0 Å². The van der Waals surface area contributed by atoms with E-state index in [9.17, 15) is 0 Å². The van der Waals surface area contributed by atoms with Gasteiger partial charge in [0.05, 0.1) is 17.4 Å². The Kier molecular flexibility index (Phi) is 3.16. The molecule has 6 nitrogen and oxygen atoms in total. The van der Waals surface area contributed by atoms with Gasteiger partial charge >= 0.3 is 0 Å². The molecule has 5 rings (SSSR count). The van der Waals surface area contributed by atoms with E-state index in [4.69, 9.17) is 4.98 Å². The molecule has 1 aliphatic rings. The SMILES string of the molecule is Cc1nc(Cc2ccc3nc(-c4cn[nH]c4)cc(C4CC4)c3c2)n[nH]1. The van der Waals surface area contributed by atoms with E-state index in [1.54, 1.807) is 0 Å². The highest BCUT2D eigenvalue weighted by Crippen LogP contribution is 2.44. The molecule has 0 spiro atoms. The molecule has 0 amide bonds. The number of pyridine rings is 1. The zero-order chi connectivity index (χ0) is 16.8. The third kappa shape index (κ3) is 2.69. The third-order valence-corrected chi connectivity index (χ3v) is 4.72. The molecule has 1 aromatic carbocycles. The van der Waals surface area contributed by atoms with E-state index < -0.39 is 0 Å². The number of aromatic nitrogens is 6. The predicted molar refractivity (Wildman–Crippen MR) is 95.2 cm³/mol. The summed E-state index contributed by atoms with van der Waals surface area (Å²) in [5.41, 5.74) is 5.67. The second-order valence-electron chi connectivity index (χ2n) is 6.72. The summed E-state index contributed by atoms with van der Waals surface area (Å²) in [5.74, 6) is 2.32. The van der Waals surface area contributed by atoms with E-state index in [1.807, 2.05) is 19.3 Å². The van der Waals surface area contributed by atoms with Gasteiger partial charge in [0.1, 0.15) is 5.82 Å². The molecule has 1 fully saturated rings. The Labute approximate surface area is 144 Å². The van der Waals surface area contributed by atoms with Crippen molar-refractivity contribution in [3.63, 3.8) is 0 Å². The normalized spacial score (nSPS) is 14.3. The van der Waals surface area contributed by atoms with Crippen LogP contribution < -0.4 is 0 Å². The fourth-order valence-electron chi connectivity index (χ4n) is 3.33. The molecule has 0 unspecified atom stereocenters. The molecule has 0 atom stereocenters. The second-order valence-corrected chi connectivity index (χ2v) is 6.72. The van der Waals surface area contributed by atoms with Crippen molar-refractivity contribution in [3.05, 3.63) is 59.4 Å². The summed E-state index contributed by atoms with van der Waals surface area (Å²) in [7, 11) is 0. The number of aromatic amines is 2. The lowest BCUT2D eigenvalue weighted by atomic mass is 9.99. The van der Waals surface area contributed by atoms with Crippen LogP contribution in [-0.4, -0.2) is 30.4 Å². The van der Waals surface area contributed by atoms with Crippen LogP contribution in [-0.2, 0) is 6.42 Å². The number of H-pyrrole nitrogens is 2. The Morgan fingerprint density at radius 2 is 2.08 bits per heavy atom. The average molecular weight is 330 g/mol. The van der Waals surface area contributed by atoms with Crippen LogP contribution in [0.4, 0.5) is 0 Å². The molecular formula is C19H18N6. The van der Waals surface area contributed by atoms with Crippen LogP contribution in [0, 0.1) is 6.92 Å². The summed E-state index contributed by atoms with van der Waals surface area (Å²) in [5, 5.41) is 15.3. The van der Waals surface area contributed by atoms with E-state index in [-0.39, 0.29) is 0 Å². The molecule has 1 aliphatic carbocycles. The lowest BCUT2D eigenvalue weighted by molar-refractivity contribution is 0.970. The van der Waals surface area contributed by atoms with Gasteiger partial charge in [-0.05, 0) is 55.0 Å². The van der Waals surface area contributed by atoms with Crippen molar-refractivity contribution in [2.24, 2.45) is 0 Å². The highest BCUT2D eigenvalue weighted by atomic mass is 15.2. The zero-order valence-electron chi connectivity index (χ0n) is 14.0. The van der Waals surface area contributed by atoms with Gasteiger partial charge in [-0.25, -0.2) is 9.97 Å². The monoisotopic (exact) mass is 330 g/mol. The van der Waals surface area contributed by atoms with Gasteiger partial charge in [-0.3, -0.25) is 10.2 Å². The van der Waals surface area contributed by atoms with Crippen molar-refractivity contribution in [2.75, 3.05) is 0 Å². The Morgan fingerprint density at radius 1 is 1.16 bits per heavy atom. The summed E-state index contributed by atoms with van der Waals surface area (Å²) in [6.45, 7) is 1.92. The molecular weight excluding hydrogens is 312 g/mol. The first kappa shape index (κ1) is 14.3. The van der Waals surface area contributed by atoms with Gasteiger partial charge in [-0.1, -0.05) is 6.07 Å². The molecule has 3 aromatic heterocycles. The fourth-order valence-corrected chi connectivity index (χ4v) is 3.33. The van der Waals surface area contributed by atoms with Crippen LogP contribution in [0.1, 0.15) is 41.5 Å². The van der Waals surface area contributed by atoms with Gasteiger partial charge in [0.15, 0.2) is 5.82 Å². The van der Waals surface area contributed by atoms with E-state index in [0.29, 0.717) is 5.92 Å². The quantitative estimate of drug-likeness (QED) is 0.600. The van der Waals surface area contributed by atoms with Crippen LogP contribution in [0.5, 0.6) is 0 Å². The van der Waals surface area contributed by atoms with Gasteiger partial charge in [0.2, 0.25) is 0 Å². The van der Waals surface area contributed by atoms with Crippen LogP contribution in [0.15, 0.2) is 36.7 Å². The lowest BCUT2D eigenvalue weighted by Crippen LogP contribution is -1.95. The van der Waals surface area contributed by atoms with Crippen LogP contribution in [0.3, 0.4) is 0 Å². The Bertz CT molecular complexity index is 1040. The van der Waals surface area contributed by atoms with E-state index in [2.05, 4.69) is 49.6 Å². The number of hydrogen-bond donors (Lipinski definition) is 2. The first-order chi connectivity index (χ1) is 12.3. The summed E-state index contributed by atoms with van der Waals surface area (Å²) < 4.78 is 0. The largest absolute Gasteiger partial charge is 0.285 e. The molecule has 0 saturated heterocycles. The average Bonchev–Trinajstić information content (AvgIpc) is 3.15. The molecule has 0 aliphatic heterocycles. The van der Waals surface area contributed by atoms with E-state index in [0.717, 1.165) is 34.8 Å². The minimum Gasteiger partial charge on any atom is -0.285 e. The Morgan fingerprint density at radius 3 is 2.80 bits per heavy atom. The van der Waals surface area contributed by atoms with Crippen LogP contribution in [0.2, 0.25) is 0 Å². The Balaban J connectivity index is 1.60. The Hall–Kier alpha value is -3.02. The minimum absolute atomic E-state index is 0.650. The molecule has 3 heterocycles. The molecule has 124 valence electrons. The number of hydrogen-bond acceptors (Lipinski definition) is 4. The summed E-state index contributed by atoms with van der Waals surface area (Å²) in [6.07, 6.45) is 6.96. The smallest absolute Gasteiger partial charge is 0.155 e. The molecule has 0 bridgehead atoms. The summed E-state index contributed by atoms with van der Waals surface area (Å²) in [6, 6.07) is 8.71. The fraction of sp³-hybridized carbons (Fsp3) is 0.263. The van der Waals surface area contributed by atoms with Crippen molar-refractivity contribution < 1.29 is 0 Å². The third-order valence-electron chi connectivity index (χ3n) is 4.72. The van der Waals surface area contributed by atoms with Gasteiger partial charge in [0.25, 0.3) is 0 Å². The minimum atomic E-state index is 0.650. The molecule has 2 N–H and O–H groups in total. The number of nitrogens with one attached hydrogen (secondary N) is 2. The molecule has 25 heavy (non-hydrogen) atoms. The highest BCUT2D eigenvalue weighted by molar-refractivity contribution is 5.86. The van der Waals surface area contributed by atoms with Gasteiger partial charge in [0, 0.05) is 23.6 Å². The van der Waals surface area contributed by atoms with Gasteiger partial charge in [-0.15, -0.1) is 0 Å². The maximum atomic E-state index is 4.84. The van der Waals surface area contributed by atoms with Crippen molar-refractivity contribution in [1.82, 2.24) is 30.4 Å². The van der Waals surface area contributed by atoms with Crippen molar-refractivity contribution in [2.45, 2.75) is 32.1 Å². The second kappa shape index (κ2) is 5.51. The maximum absolute atomic E-state index is 4.84. The topological polar surface area (TPSA) is 83.1 Å². The van der Waals surface area contributed by atoms with Gasteiger partial charge in [-0.2, -0.15) is 10.2 Å². The van der Waals surface area contributed by atoms with E-state index in [1.165, 1.54) is 29.4 Å². The number of aryl methyl sites for hydroxylation is 1. The molecule has 6 heteroatoms. The standard InChI is InChI=1S/C19H18N6/c1-11-22-19(25-24-11)7-12-2-5-17-16(6-12)15(13-3-4-13)8-18(23-17)14-9-20-21-10-14/h2,5-6,8-10,13H,3-4,7H2,1H3,(H,20,21)(H,22,24,25). The number of nitrogens with zero attached hydrogens (tertiary/aromatic N) is 4. The maximum Gasteiger partial charge on any atom is 0.155 e. The summed E-state index contributed by atoms with van der Waals surface area (Å²) in [4.78, 5) is 9.25. The van der Waals surface area contributed by atoms with Crippen molar-refractivity contribution in [1.29, 1.82) is 0 Å². The first-order valence-electron chi connectivity index (χ1n) is 8.57. The predicted octanol–water partition coefficient (Wildman–Crippen LogP) is 3.52. The van der Waals surface area contributed by atoms with Crippen molar-refractivity contribution in [3.8, 4) is 11.3 Å². The summed E-state index contributed by atoms with van der Waals surface area (Å²) >= 11 is 0. The van der Waals surface area contributed by atoms with Gasteiger partial charge < -0.3 is 0 Å². The first-order valence-corrected chi connectivity index (χ1v) is 8.57. The number of fused-ring (bicyclic) bond motifs is 1. The van der Waals surface area contributed by atoms with Crippen molar-refractivity contribution >= 4 is 10.9 Å².